The first kappa shape index (κ1) is 17.0. The fraction of sp³-hybridized carbons (Fsp3) is 0.300. The van der Waals surface area contributed by atoms with Crippen molar-refractivity contribution in [3.05, 3.63) is 60.2 Å². The number of hydrogen-bond donors (Lipinski definition) is 1. The van der Waals surface area contributed by atoms with E-state index in [0.717, 1.165) is 22.7 Å². The molecule has 2 aliphatic rings. The van der Waals surface area contributed by atoms with E-state index in [0.29, 0.717) is 6.54 Å². The lowest BCUT2D eigenvalue weighted by molar-refractivity contribution is -0.123. The van der Waals surface area contributed by atoms with Crippen LogP contribution in [0.25, 0.3) is 0 Å². The van der Waals surface area contributed by atoms with Crippen LogP contribution in [0.4, 0.5) is 16.2 Å². The van der Waals surface area contributed by atoms with Gasteiger partial charge in [0.05, 0.1) is 5.69 Å². The molecular formula is C20H21N3O2S. The molecule has 0 bridgehead atoms. The predicted octanol–water partition coefficient (Wildman–Crippen LogP) is 3.88. The number of para-hydroxylation sites is 2. The minimum Gasteiger partial charge on any atom is -0.308 e. The van der Waals surface area contributed by atoms with Crippen LogP contribution in [0.1, 0.15) is 19.4 Å². The van der Waals surface area contributed by atoms with E-state index in [1.165, 1.54) is 0 Å². The molecule has 0 radical (unpaired) electrons. The molecule has 1 fully saturated rings. The molecule has 0 saturated carbocycles. The highest BCUT2D eigenvalue weighted by Crippen LogP contribution is 2.54. The van der Waals surface area contributed by atoms with Gasteiger partial charge in [0.15, 0.2) is 4.87 Å². The van der Waals surface area contributed by atoms with Crippen LogP contribution in [0.15, 0.2) is 54.6 Å². The lowest BCUT2D eigenvalue weighted by Crippen LogP contribution is -2.52. The number of rotatable bonds is 2. The van der Waals surface area contributed by atoms with Gasteiger partial charge >= 0.3 is 6.03 Å². The Kier molecular flexibility index (Phi) is 4.15. The number of nitrogens with one attached hydrogen (secondary N) is 1. The quantitative estimate of drug-likeness (QED) is 0.876. The molecular weight excluding hydrogens is 346 g/mol. The molecule has 6 heteroatoms. The summed E-state index contributed by atoms with van der Waals surface area (Å²) in [6.45, 7) is 4.54. The molecule has 26 heavy (non-hydrogen) atoms. The van der Waals surface area contributed by atoms with E-state index in [1.54, 1.807) is 16.7 Å². The minimum absolute atomic E-state index is 0.0283. The number of thioether (sulfide) groups is 1. The molecule has 0 aliphatic carbocycles. The molecule has 1 atom stereocenters. The summed E-state index contributed by atoms with van der Waals surface area (Å²) in [5, 5.41) is 2.93. The first-order valence-corrected chi connectivity index (χ1v) is 9.75. The molecule has 5 nitrogen and oxygen atoms in total. The monoisotopic (exact) mass is 367 g/mol. The maximum atomic E-state index is 13.5. The first-order chi connectivity index (χ1) is 12.6. The second-order valence-corrected chi connectivity index (χ2v) is 8.01. The van der Waals surface area contributed by atoms with Gasteiger partial charge in [-0.25, -0.2) is 4.79 Å². The molecule has 134 valence electrons. The van der Waals surface area contributed by atoms with Crippen molar-refractivity contribution in [3.63, 3.8) is 0 Å². The number of anilines is 2. The van der Waals surface area contributed by atoms with Gasteiger partial charge in [0.1, 0.15) is 0 Å². The number of urea groups is 1. The average molecular weight is 367 g/mol. The minimum atomic E-state index is -0.972. The molecule has 2 heterocycles. The summed E-state index contributed by atoms with van der Waals surface area (Å²) in [6.07, 6.45) is 0. The van der Waals surface area contributed by atoms with Crippen molar-refractivity contribution in [2.24, 2.45) is 0 Å². The Morgan fingerprint density at radius 3 is 2.54 bits per heavy atom. The van der Waals surface area contributed by atoms with Gasteiger partial charge in [0, 0.05) is 29.6 Å². The van der Waals surface area contributed by atoms with Crippen LogP contribution < -0.4 is 10.2 Å². The first-order valence-electron chi connectivity index (χ1n) is 8.76. The van der Waals surface area contributed by atoms with Gasteiger partial charge in [-0.2, -0.15) is 0 Å². The van der Waals surface area contributed by atoms with Crippen molar-refractivity contribution in [2.45, 2.75) is 24.8 Å². The molecule has 3 amide bonds. The third-order valence-electron chi connectivity index (χ3n) is 4.83. The third-order valence-corrected chi connectivity index (χ3v) is 6.25. The van der Waals surface area contributed by atoms with E-state index >= 15 is 0 Å². The zero-order valence-electron chi connectivity index (χ0n) is 14.8. The van der Waals surface area contributed by atoms with Crippen LogP contribution in [-0.4, -0.2) is 35.2 Å². The van der Waals surface area contributed by atoms with Crippen LogP contribution in [0, 0.1) is 0 Å². The zero-order chi connectivity index (χ0) is 18.3. The van der Waals surface area contributed by atoms with Crippen molar-refractivity contribution < 1.29 is 9.59 Å². The SMILES string of the molecule is CC(C)N1C(=O)[C@]2(SCCN2C(=O)Nc2ccccc2)c2ccccc21. The van der Waals surface area contributed by atoms with Gasteiger partial charge in [0.25, 0.3) is 5.91 Å². The van der Waals surface area contributed by atoms with Crippen LogP contribution >= 0.6 is 11.8 Å². The zero-order valence-corrected chi connectivity index (χ0v) is 15.6. The normalized spacial score (nSPS) is 21.6. The Labute approximate surface area is 157 Å². The molecule has 0 unspecified atom stereocenters. The number of nitrogens with zero attached hydrogens (tertiary/aromatic N) is 2. The summed E-state index contributed by atoms with van der Waals surface area (Å²) in [6, 6.07) is 16.9. The third kappa shape index (κ3) is 2.40. The molecule has 2 aromatic carbocycles. The second kappa shape index (κ2) is 6.36. The molecule has 2 aliphatic heterocycles. The van der Waals surface area contributed by atoms with Gasteiger partial charge in [-0.15, -0.1) is 11.8 Å². The molecule has 0 aromatic heterocycles. The highest BCUT2D eigenvalue weighted by atomic mass is 32.2. The Hall–Kier alpha value is -2.47. The lowest BCUT2D eigenvalue weighted by Gasteiger charge is -2.33. The highest BCUT2D eigenvalue weighted by molar-refractivity contribution is 8.01. The molecule has 1 N–H and O–H groups in total. The number of fused-ring (bicyclic) bond motifs is 2. The standard InChI is InChI=1S/C20H21N3O2S/c1-14(2)23-17-11-7-6-10-16(17)20(18(23)24)22(12-13-26-20)19(25)21-15-8-4-3-5-9-15/h3-11,14H,12-13H2,1-2H3,(H,21,25)/t20-/m1/s1. The Morgan fingerprint density at radius 2 is 1.81 bits per heavy atom. The Bertz CT molecular complexity index is 855. The van der Waals surface area contributed by atoms with E-state index in [4.69, 9.17) is 0 Å². The van der Waals surface area contributed by atoms with Crippen LogP contribution in [0.5, 0.6) is 0 Å². The lowest BCUT2D eigenvalue weighted by atomic mass is 10.1. The summed E-state index contributed by atoms with van der Waals surface area (Å²) in [4.78, 5) is 29.0. The largest absolute Gasteiger partial charge is 0.323 e. The van der Waals surface area contributed by atoms with Gasteiger partial charge in [-0.05, 0) is 32.0 Å². The maximum absolute atomic E-state index is 13.5. The van der Waals surface area contributed by atoms with E-state index in [2.05, 4.69) is 5.32 Å². The fourth-order valence-corrected chi connectivity index (χ4v) is 5.20. The van der Waals surface area contributed by atoms with Crippen LogP contribution in [-0.2, 0) is 9.67 Å². The summed E-state index contributed by atoms with van der Waals surface area (Å²) in [7, 11) is 0. The highest BCUT2D eigenvalue weighted by Gasteiger charge is 2.59. The van der Waals surface area contributed by atoms with Gasteiger partial charge in [-0.3, -0.25) is 9.69 Å². The number of carbonyl (C=O) groups is 2. The number of amides is 3. The summed E-state index contributed by atoms with van der Waals surface area (Å²) < 4.78 is 0. The smallest absolute Gasteiger partial charge is 0.308 e. The van der Waals surface area contributed by atoms with Crippen molar-refractivity contribution in [2.75, 3.05) is 22.5 Å². The van der Waals surface area contributed by atoms with Crippen molar-refractivity contribution >= 4 is 35.1 Å². The van der Waals surface area contributed by atoms with Crippen molar-refractivity contribution in [1.29, 1.82) is 0 Å². The summed E-state index contributed by atoms with van der Waals surface area (Å²) in [5.74, 6) is 0.702. The topological polar surface area (TPSA) is 52.7 Å². The number of carbonyl (C=O) groups excluding carboxylic acids is 2. The Balaban J connectivity index is 1.75. The van der Waals surface area contributed by atoms with E-state index in [9.17, 15) is 9.59 Å². The fourth-order valence-electron chi connectivity index (χ4n) is 3.75. The Morgan fingerprint density at radius 1 is 1.12 bits per heavy atom. The number of hydrogen-bond acceptors (Lipinski definition) is 3. The van der Waals surface area contributed by atoms with Crippen molar-refractivity contribution in [3.8, 4) is 0 Å². The van der Waals surface area contributed by atoms with E-state index in [1.807, 2.05) is 73.3 Å². The molecule has 1 saturated heterocycles. The molecule has 2 aromatic rings. The van der Waals surface area contributed by atoms with Crippen LogP contribution in [0.3, 0.4) is 0 Å². The molecule has 4 rings (SSSR count). The molecule has 1 spiro atoms. The van der Waals surface area contributed by atoms with E-state index in [-0.39, 0.29) is 18.0 Å². The van der Waals surface area contributed by atoms with Crippen LogP contribution in [0.2, 0.25) is 0 Å². The number of benzene rings is 2. The van der Waals surface area contributed by atoms with Crippen molar-refractivity contribution in [1.82, 2.24) is 4.90 Å². The summed E-state index contributed by atoms with van der Waals surface area (Å²) >= 11 is 1.55. The predicted molar refractivity (Wildman–Crippen MR) is 105 cm³/mol. The maximum Gasteiger partial charge on any atom is 0.323 e. The van der Waals surface area contributed by atoms with Gasteiger partial charge in [-0.1, -0.05) is 36.4 Å². The second-order valence-electron chi connectivity index (χ2n) is 6.73. The summed E-state index contributed by atoms with van der Waals surface area (Å²) in [5.41, 5.74) is 2.54. The van der Waals surface area contributed by atoms with Gasteiger partial charge < -0.3 is 10.2 Å². The van der Waals surface area contributed by atoms with Gasteiger partial charge in [0.2, 0.25) is 0 Å². The average Bonchev–Trinajstić information content (AvgIpc) is 3.18. The van der Waals surface area contributed by atoms with E-state index < -0.39 is 4.87 Å².